The van der Waals surface area contributed by atoms with Crippen LogP contribution in [-0.4, -0.2) is 23.6 Å². The van der Waals surface area contributed by atoms with Crippen molar-refractivity contribution in [2.75, 3.05) is 0 Å². The summed E-state index contributed by atoms with van der Waals surface area (Å²) in [7, 11) is 6.40. The third kappa shape index (κ3) is 2.43. The van der Waals surface area contributed by atoms with Crippen molar-refractivity contribution in [3.8, 4) is 0 Å². The Hall–Kier alpha value is 0.320. The number of rotatable bonds is 4. The van der Waals surface area contributed by atoms with Gasteiger partial charge in [0.05, 0.1) is 0 Å². The van der Waals surface area contributed by atoms with E-state index in [1.165, 1.54) is 6.08 Å². The van der Waals surface area contributed by atoms with Gasteiger partial charge >= 0.3 is 0 Å². The third-order valence-electron chi connectivity index (χ3n) is 2.46. The van der Waals surface area contributed by atoms with Crippen LogP contribution in [0.3, 0.4) is 0 Å². The fourth-order valence-corrected chi connectivity index (χ4v) is 2.60. The smallest absolute Gasteiger partial charge is 0.194 e. The van der Waals surface area contributed by atoms with Gasteiger partial charge in [0.15, 0.2) is 11.4 Å². The monoisotopic (exact) mass is 280 g/mol. The Labute approximate surface area is 102 Å². The Morgan fingerprint density at radius 2 is 2.06 bits per heavy atom. The van der Waals surface area contributed by atoms with Crippen LogP contribution in [0.4, 0.5) is 0 Å². The first kappa shape index (κ1) is 14.4. The van der Waals surface area contributed by atoms with Crippen LogP contribution < -0.4 is 0 Å². The molecule has 0 saturated heterocycles. The lowest BCUT2D eigenvalue weighted by Gasteiger charge is -2.39. The molecule has 0 aliphatic heterocycles. The van der Waals surface area contributed by atoms with Gasteiger partial charge < -0.3 is 13.6 Å². The second-order valence-corrected chi connectivity index (χ2v) is 4.07. The highest BCUT2D eigenvalue weighted by molar-refractivity contribution is 7.10. The summed E-state index contributed by atoms with van der Waals surface area (Å²) in [5, 5.41) is 0. The number of hydrogen-bond donors (Lipinski definition) is 0. The van der Waals surface area contributed by atoms with Gasteiger partial charge in [-0.15, -0.1) is 0 Å². The minimum absolute atomic E-state index is 0.175. The van der Waals surface area contributed by atoms with Gasteiger partial charge in [-0.1, -0.05) is 6.08 Å². The second kappa shape index (κ2) is 6.31. The van der Waals surface area contributed by atoms with Gasteiger partial charge in [0.2, 0.25) is 0 Å². The molecule has 0 saturated carbocycles. The average molecular weight is 280 g/mol. The molecule has 1 rings (SSSR count). The number of ketones is 1. The standard InChI is InChI=1S/C9H15O4P3/c1-2-5-9(13-16)7(10)4-3-6(11-14)8(9)12-15/h2-6,8H,14-16H2,1H3/b5-2-/t6-,8+,9-/m0/s1. The van der Waals surface area contributed by atoms with Crippen molar-refractivity contribution in [2.24, 2.45) is 0 Å². The van der Waals surface area contributed by atoms with Crippen molar-refractivity contribution in [1.82, 2.24) is 0 Å². The highest BCUT2D eigenvalue weighted by Crippen LogP contribution is 2.34. The highest BCUT2D eigenvalue weighted by atomic mass is 31.0. The molecule has 0 spiro atoms. The Balaban J connectivity index is 3.20. The topological polar surface area (TPSA) is 44.8 Å². The summed E-state index contributed by atoms with van der Waals surface area (Å²) >= 11 is 0. The van der Waals surface area contributed by atoms with E-state index >= 15 is 0 Å². The van der Waals surface area contributed by atoms with Crippen LogP contribution in [0.15, 0.2) is 24.3 Å². The van der Waals surface area contributed by atoms with Crippen LogP contribution in [0.5, 0.6) is 0 Å². The summed E-state index contributed by atoms with van der Waals surface area (Å²) in [6, 6.07) is 0. The lowest BCUT2D eigenvalue weighted by atomic mass is 9.83. The van der Waals surface area contributed by atoms with E-state index in [0.29, 0.717) is 0 Å². The molecule has 7 heteroatoms. The molecular weight excluding hydrogens is 265 g/mol. The Morgan fingerprint density at radius 3 is 2.50 bits per heavy atom. The van der Waals surface area contributed by atoms with Crippen molar-refractivity contribution in [3.05, 3.63) is 24.3 Å². The normalized spacial score (nSPS) is 34.9. The summed E-state index contributed by atoms with van der Waals surface area (Å²) in [5.74, 6) is -0.175. The van der Waals surface area contributed by atoms with Crippen molar-refractivity contribution in [1.29, 1.82) is 0 Å². The first-order valence-corrected chi connectivity index (χ1v) is 6.03. The quantitative estimate of drug-likeness (QED) is 0.579. The molecule has 0 N–H and O–H groups in total. The number of carbonyl (C=O) groups is 1. The lowest BCUT2D eigenvalue weighted by Crippen LogP contribution is -2.55. The molecule has 16 heavy (non-hydrogen) atoms. The molecule has 0 radical (unpaired) electrons. The van der Waals surface area contributed by atoms with Gasteiger partial charge in [-0.2, -0.15) is 0 Å². The summed E-state index contributed by atoms with van der Waals surface area (Å²) in [5.41, 5.74) is -1.16. The minimum atomic E-state index is -1.16. The summed E-state index contributed by atoms with van der Waals surface area (Å²) in [6.07, 6.45) is 5.58. The molecule has 1 aliphatic carbocycles. The molecule has 3 unspecified atom stereocenters. The molecule has 6 atom stereocenters. The maximum absolute atomic E-state index is 11.9. The molecular formula is C9H15O4P3. The Bertz CT molecular complexity index is 318. The molecule has 90 valence electrons. The van der Waals surface area contributed by atoms with Gasteiger partial charge in [-0.25, -0.2) is 0 Å². The molecule has 0 heterocycles. The van der Waals surface area contributed by atoms with Crippen LogP contribution in [0.1, 0.15) is 6.92 Å². The molecule has 0 amide bonds. The zero-order chi connectivity index (χ0) is 12.2. The van der Waals surface area contributed by atoms with E-state index in [1.807, 2.05) is 6.92 Å². The molecule has 0 aromatic rings. The third-order valence-corrected chi connectivity index (χ3v) is 3.45. The zero-order valence-electron chi connectivity index (χ0n) is 8.83. The van der Waals surface area contributed by atoms with Crippen LogP contribution in [0, 0.1) is 0 Å². The number of carbonyl (C=O) groups excluding carboxylic acids is 1. The van der Waals surface area contributed by atoms with Gasteiger partial charge in [0.25, 0.3) is 0 Å². The maximum Gasteiger partial charge on any atom is 0.194 e. The van der Waals surface area contributed by atoms with Gasteiger partial charge in [0, 0.05) is 28.4 Å². The van der Waals surface area contributed by atoms with Crippen LogP contribution >= 0.6 is 28.4 Å². The van der Waals surface area contributed by atoms with Gasteiger partial charge in [-0.05, 0) is 25.2 Å². The molecule has 1 aliphatic rings. The van der Waals surface area contributed by atoms with Crippen molar-refractivity contribution in [3.63, 3.8) is 0 Å². The summed E-state index contributed by atoms with van der Waals surface area (Å²) in [6.45, 7) is 1.81. The highest BCUT2D eigenvalue weighted by Gasteiger charge is 2.49. The first-order chi connectivity index (χ1) is 7.66. The maximum atomic E-state index is 11.9. The summed E-state index contributed by atoms with van der Waals surface area (Å²) < 4.78 is 15.7. The fraction of sp³-hybridized carbons (Fsp3) is 0.444. The van der Waals surface area contributed by atoms with E-state index in [0.717, 1.165) is 0 Å². The largest absolute Gasteiger partial charge is 0.356 e. The number of allylic oxidation sites excluding steroid dienone is 1. The molecule has 0 fully saturated rings. The predicted molar refractivity (Wildman–Crippen MR) is 71.7 cm³/mol. The summed E-state index contributed by atoms with van der Waals surface area (Å²) in [4.78, 5) is 11.9. The predicted octanol–water partition coefficient (Wildman–Crippen LogP) is 1.60. The molecule has 4 nitrogen and oxygen atoms in total. The second-order valence-electron chi connectivity index (χ2n) is 3.29. The number of hydrogen-bond acceptors (Lipinski definition) is 4. The van der Waals surface area contributed by atoms with Gasteiger partial charge in [-0.3, -0.25) is 4.79 Å². The van der Waals surface area contributed by atoms with Crippen molar-refractivity contribution < 1.29 is 18.4 Å². The average Bonchev–Trinajstić information content (AvgIpc) is 2.31. The lowest BCUT2D eigenvalue weighted by molar-refractivity contribution is -0.135. The SMILES string of the molecule is C/C=C\[C@]1(OP)C(=O)C=C[C@H](OP)[C@H]1OP. The Kier molecular flexibility index (Phi) is 5.67. The van der Waals surface area contributed by atoms with Gasteiger partial charge in [0.1, 0.15) is 12.2 Å². The molecule has 0 aromatic heterocycles. The minimum Gasteiger partial charge on any atom is -0.356 e. The van der Waals surface area contributed by atoms with E-state index in [2.05, 4.69) is 28.4 Å². The van der Waals surface area contributed by atoms with E-state index < -0.39 is 11.7 Å². The molecule has 0 aromatic carbocycles. The first-order valence-electron chi connectivity index (χ1n) is 4.61. The molecule has 0 bridgehead atoms. The van der Waals surface area contributed by atoms with E-state index in [9.17, 15) is 4.79 Å². The van der Waals surface area contributed by atoms with E-state index in [-0.39, 0.29) is 11.9 Å². The zero-order valence-corrected chi connectivity index (χ0v) is 12.3. The Morgan fingerprint density at radius 1 is 1.38 bits per heavy atom. The van der Waals surface area contributed by atoms with Crippen LogP contribution in [-0.2, 0) is 18.4 Å². The van der Waals surface area contributed by atoms with E-state index in [1.54, 1.807) is 18.2 Å². The van der Waals surface area contributed by atoms with Crippen molar-refractivity contribution in [2.45, 2.75) is 24.7 Å². The van der Waals surface area contributed by atoms with Crippen LogP contribution in [0.25, 0.3) is 0 Å². The van der Waals surface area contributed by atoms with Crippen molar-refractivity contribution >= 4 is 34.2 Å². The fourth-order valence-electron chi connectivity index (χ4n) is 1.68. The van der Waals surface area contributed by atoms with E-state index in [4.69, 9.17) is 13.6 Å². The van der Waals surface area contributed by atoms with Crippen LogP contribution in [0.2, 0.25) is 0 Å².